The highest BCUT2D eigenvalue weighted by Crippen LogP contribution is 2.13. The quantitative estimate of drug-likeness (QED) is 0.901. The normalized spacial score (nSPS) is 11.2. The van der Waals surface area contributed by atoms with Crippen LogP contribution in [0, 0.1) is 0 Å². The molecule has 0 aliphatic carbocycles. The van der Waals surface area contributed by atoms with Crippen molar-refractivity contribution in [2.24, 2.45) is 0 Å². The summed E-state index contributed by atoms with van der Waals surface area (Å²) < 4.78 is 5.35. The van der Waals surface area contributed by atoms with Gasteiger partial charge >= 0.3 is 6.09 Å². The van der Waals surface area contributed by atoms with Crippen LogP contribution < -0.4 is 0 Å². The van der Waals surface area contributed by atoms with E-state index in [1.54, 1.807) is 0 Å². The number of carbonyl (C=O) groups excluding carboxylic acids is 1. The molecule has 0 aliphatic heterocycles. The van der Waals surface area contributed by atoms with Crippen LogP contribution in [-0.2, 0) is 17.7 Å². The summed E-state index contributed by atoms with van der Waals surface area (Å²) in [6.07, 6.45) is 0.596. The Hall–Kier alpha value is -1.55. The minimum Gasteiger partial charge on any atom is -0.444 e. The van der Waals surface area contributed by atoms with Crippen molar-refractivity contribution in [3.63, 3.8) is 0 Å². The van der Waals surface area contributed by atoms with Crippen molar-refractivity contribution in [3.8, 4) is 0 Å². The second-order valence-electron chi connectivity index (χ2n) is 5.80. The molecule has 1 aromatic rings. The fourth-order valence-corrected chi connectivity index (χ4v) is 1.78. The number of amides is 1. The number of hydrogen-bond donors (Lipinski definition) is 1. The van der Waals surface area contributed by atoms with Crippen LogP contribution in [0.2, 0.25) is 0 Å². The van der Waals surface area contributed by atoms with E-state index in [2.05, 4.69) is 19.1 Å². The second-order valence-corrected chi connectivity index (χ2v) is 5.80. The van der Waals surface area contributed by atoms with Crippen molar-refractivity contribution in [2.45, 2.75) is 46.3 Å². The predicted octanol–water partition coefficient (Wildman–Crippen LogP) is 2.98. The van der Waals surface area contributed by atoms with Gasteiger partial charge in [0, 0.05) is 13.1 Å². The van der Waals surface area contributed by atoms with Crippen LogP contribution in [0.5, 0.6) is 0 Å². The summed E-state index contributed by atoms with van der Waals surface area (Å²) in [5.41, 5.74) is 1.76. The minimum absolute atomic E-state index is 0.0771. The van der Waals surface area contributed by atoms with Crippen LogP contribution in [0.1, 0.15) is 38.8 Å². The topological polar surface area (TPSA) is 49.8 Å². The zero-order chi connectivity index (χ0) is 15.2. The van der Waals surface area contributed by atoms with Gasteiger partial charge in [-0.1, -0.05) is 31.2 Å². The van der Waals surface area contributed by atoms with Crippen LogP contribution in [0.15, 0.2) is 24.3 Å². The number of aliphatic hydroxyl groups is 1. The SMILES string of the molecule is CCc1ccc(CN(CCO)C(=O)OC(C)(C)C)cc1. The Labute approximate surface area is 121 Å². The van der Waals surface area contributed by atoms with Gasteiger partial charge in [0.2, 0.25) is 0 Å². The number of aryl methyl sites for hydroxylation is 1. The minimum atomic E-state index is -0.531. The summed E-state index contributed by atoms with van der Waals surface area (Å²) >= 11 is 0. The lowest BCUT2D eigenvalue weighted by Gasteiger charge is -2.27. The number of rotatable bonds is 5. The van der Waals surface area contributed by atoms with Gasteiger partial charge in [0.25, 0.3) is 0 Å². The summed E-state index contributed by atoms with van der Waals surface area (Å²) in [6.45, 7) is 8.23. The molecule has 0 radical (unpaired) electrons. The van der Waals surface area contributed by atoms with Crippen LogP contribution >= 0.6 is 0 Å². The third kappa shape index (κ3) is 5.61. The first-order valence-electron chi connectivity index (χ1n) is 7.02. The monoisotopic (exact) mass is 279 g/mol. The zero-order valence-corrected chi connectivity index (χ0v) is 12.8. The fourth-order valence-electron chi connectivity index (χ4n) is 1.78. The standard InChI is InChI=1S/C16H25NO3/c1-5-13-6-8-14(9-7-13)12-17(10-11-18)15(19)20-16(2,3)4/h6-9,18H,5,10-12H2,1-4H3. The van der Waals surface area contributed by atoms with E-state index in [9.17, 15) is 4.79 Å². The first kappa shape index (κ1) is 16.5. The smallest absolute Gasteiger partial charge is 0.410 e. The van der Waals surface area contributed by atoms with E-state index >= 15 is 0 Å². The van der Waals surface area contributed by atoms with Gasteiger partial charge in [-0.05, 0) is 38.3 Å². The molecule has 20 heavy (non-hydrogen) atoms. The van der Waals surface area contributed by atoms with Crippen molar-refractivity contribution >= 4 is 6.09 Å². The van der Waals surface area contributed by atoms with Crippen molar-refractivity contribution in [1.82, 2.24) is 4.90 Å². The molecule has 0 atom stereocenters. The Balaban J connectivity index is 2.72. The summed E-state index contributed by atoms with van der Waals surface area (Å²) in [5, 5.41) is 9.09. The lowest BCUT2D eigenvalue weighted by molar-refractivity contribution is 0.0201. The van der Waals surface area contributed by atoms with Gasteiger partial charge in [-0.2, -0.15) is 0 Å². The molecule has 0 saturated heterocycles. The number of benzene rings is 1. The predicted molar refractivity (Wildman–Crippen MR) is 79.5 cm³/mol. The Morgan fingerprint density at radius 2 is 1.75 bits per heavy atom. The van der Waals surface area contributed by atoms with Crippen LogP contribution in [0.3, 0.4) is 0 Å². The molecule has 0 aromatic heterocycles. The molecule has 0 bridgehead atoms. The molecule has 0 heterocycles. The Morgan fingerprint density at radius 1 is 1.20 bits per heavy atom. The van der Waals surface area contributed by atoms with Crippen LogP contribution in [-0.4, -0.2) is 34.9 Å². The molecule has 0 spiro atoms. The fraction of sp³-hybridized carbons (Fsp3) is 0.562. The Bertz CT molecular complexity index is 420. The highest BCUT2D eigenvalue weighted by molar-refractivity contribution is 5.68. The van der Waals surface area contributed by atoms with Gasteiger partial charge < -0.3 is 14.7 Å². The lowest BCUT2D eigenvalue weighted by atomic mass is 10.1. The third-order valence-corrected chi connectivity index (χ3v) is 2.83. The van der Waals surface area contributed by atoms with Crippen LogP contribution in [0.4, 0.5) is 4.79 Å². The van der Waals surface area contributed by atoms with Crippen LogP contribution in [0.25, 0.3) is 0 Å². The molecule has 0 saturated carbocycles. The highest BCUT2D eigenvalue weighted by Gasteiger charge is 2.21. The van der Waals surface area contributed by atoms with E-state index in [0.717, 1.165) is 12.0 Å². The third-order valence-electron chi connectivity index (χ3n) is 2.83. The first-order valence-corrected chi connectivity index (χ1v) is 7.02. The van der Waals surface area contributed by atoms with Crippen molar-refractivity contribution in [1.29, 1.82) is 0 Å². The van der Waals surface area contributed by atoms with Gasteiger partial charge in [0.05, 0.1) is 6.61 Å². The maximum Gasteiger partial charge on any atom is 0.410 e. The molecule has 1 N–H and O–H groups in total. The molecule has 4 nitrogen and oxygen atoms in total. The molecule has 112 valence electrons. The second kappa shape index (κ2) is 7.29. The molecular weight excluding hydrogens is 254 g/mol. The van der Waals surface area contributed by atoms with Gasteiger partial charge in [0.1, 0.15) is 5.60 Å². The number of nitrogens with zero attached hydrogens (tertiary/aromatic N) is 1. The highest BCUT2D eigenvalue weighted by atomic mass is 16.6. The van der Waals surface area contributed by atoms with Gasteiger partial charge in [0.15, 0.2) is 0 Å². The van der Waals surface area contributed by atoms with Gasteiger partial charge in [-0.15, -0.1) is 0 Å². The molecule has 0 fully saturated rings. The molecule has 0 aliphatic rings. The summed E-state index contributed by atoms with van der Waals surface area (Å²) in [6, 6.07) is 8.13. The lowest BCUT2D eigenvalue weighted by Crippen LogP contribution is -2.38. The van der Waals surface area contributed by atoms with Crippen molar-refractivity contribution in [2.75, 3.05) is 13.2 Å². The maximum absolute atomic E-state index is 12.1. The molecule has 1 rings (SSSR count). The number of hydrogen-bond acceptors (Lipinski definition) is 3. The summed E-state index contributed by atoms with van der Waals surface area (Å²) in [7, 11) is 0. The summed E-state index contributed by atoms with van der Waals surface area (Å²) in [5.74, 6) is 0. The molecular formula is C16H25NO3. The first-order chi connectivity index (χ1) is 9.35. The number of carbonyl (C=O) groups is 1. The maximum atomic E-state index is 12.1. The molecule has 4 heteroatoms. The largest absolute Gasteiger partial charge is 0.444 e. The summed E-state index contributed by atoms with van der Waals surface area (Å²) in [4.78, 5) is 13.6. The van der Waals surface area contributed by atoms with E-state index < -0.39 is 11.7 Å². The zero-order valence-electron chi connectivity index (χ0n) is 12.8. The van der Waals surface area contributed by atoms with E-state index in [0.29, 0.717) is 6.54 Å². The van der Waals surface area contributed by atoms with E-state index in [1.807, 2.05) is 32.9 Å². The van der Waals surface area contributed by atoms with Crippen molar-refractivity contribution in [3.05, 3.63) is 35.4 Å². The van der Waals surface area contributed by atoms with Crippen molar-refractivity contribution < 1.29 is 14.6 Å². The Morgan fingerprint density at radius 3 is 2.20 bits per heavy atom. The molecule has 1 amide bonds. The number of aliphatic hydroxyl groups excluding tert-OH is 1. The van der Waals surface area contributed by atoms with E-state index in [-0.39, 0.29) is 13.2 Å². The molecule has 0 unspecified atom stereocenters. The van der Waals surface area contributed by atoms with E-state index in [4.69, 9.17) is 9.84 Å². The average Bonchev–Trinajstić information content (AvgIpc) is 2.37. The Kier molecular flexibility index (Phi) is 6.02. The molecule has 1 aromatic carbocycles. The van der Waals surface area contributed by atoms with E-state index in [1.165, 1.54) is 10.5 Å². The van der Waals surface area contributed by atoms with Gasteiger partial charge in [-0.25, -0.2) is 4.79 Å². The average molecular weight is 279 g/mol. The van der Waals surface area contributed by atoms with Gasteiger partial charge in [-0.3, -0.25) is 0 Å². The number of ether oxygens (including phenoxy) is 1.